The Morgan fingerprint density at radius 3 is 1.70 bits per heavy atom. The molecule has 4 heteroatoms. The monoisotopic (exact) mass is 332 g/mol. The van der Waals surface area contributed by atoms with Gasteiger partial charge in [0.05, 0.1) is 4.90 Å². The van der Waals surface area contributed by atoms with Crippen molar-refractivity contribution in [3.05, 3.63) is 65.2 Å². The van der Waals surface area contributed by atoms with Crippen LogP contribution < -0.4 is 0 Å². The molecule has 1 atom stereocenters. The lowest BCUT2D eigenvalue weighted by molar-refractivity contribution is 0.0934. The van der Waals surface area contributed by atoms with Crippen LogP contribution in [0.3, 0.4) is 0 Å². The van der Waals surface area contributed by atoms with Crippen molar-refractivity contribution < 1.29 is 12.6 Å². The Morgan fingerprint density at radius 1 is 0.826 bits per heavy atom. The Labute approximate surface area is 139 Å². The molecule has 0 fully saturated rings. The van der Waals surface area contributed by atoms with Gasteiger partial charge in [-0.1, -0.05) is 68.3 Å². The summed E-state index contributed by atoms with van der Waals surface area (Å²) < 4.78 is 30.9. The van der Waals surface area contributed by atoms with Crippen molar-refractivity contribution in [2.75, 3.05) is 0 Å². The van der Waals surface area contributed by atoms with Crippen molar-refractivity contribution in [2.45, 2.75) is 45.6 Å². The van der Waals surface area contributed by atoms with E-state index in [-0.39, 0.29) is 10.3 Å². The van der Waals surface area contributed by atoms with E-state index in [1.165, 1.54) is 0 Å². The number of hydrogen-bond donors (Lipinski definition) is 0. The van der Waals surface area contributed by atoms with E-state index >= 15 is 0 Å². The molecule has 1 unspecified atom stereocenters. The first-order valence-corrected chi connectivity index (χ1v) is 9.07. The molecule has 0 radical (unpaired) electrons. The third-order valence-corrected chi connectivity index (χ3v) is 4.99. The highest BCUT2D eigenvalue weighted by Crippen LogP contribution is 2.38. The van der Waals surface area contributed by atoms with Gasteiger partial charge in [0.15, 0.2) is 0 Å². The minimum atomic E-state index is -3.82. The topological polar surface area (TPSA) is 43.4 Å². The highest BCUT2D eigenvalue weighted by atomic mass is 32.2. The summed E-state index contributed by atoms with van der Waals surface area (Å²) in [6.07, 6.45) is -0.547. The van der Waals surface area contributed by atoms with Crippen LogP contribution in [0.15, 0.2) is 53.4 Å². The van der Waals surface area contributed by atoms with E-state index < -0.39 is 16.2 Å². The van der Waals surface area contributed by atoms with Crippen LogP contribution in [0.4, 0.5) is 0 Å². The van der Waals surface area contributed by atoms with Crippen LogP contribution in [0, 0.1) is 19.3 Å². The molecule has 124 valence electrons. The first kappa shape index (κ1) is 17.7. The first-order valence-electron chi connectivity index (χ1n) is 7.66. The average Bonchev–Trinajstić information content (AvgIpc) is 2.45. The molecule has 0 saturated heterocycles. The van der Waals surface area contributed by atoms with Gasteiger partial charge in [-0.3, -0.25) is 4.18 Å². The second-order valence-corrected chi connectivity index (χ2v) is 8.59. The third-order valence-electron chi connectivity index (χ3n) is 3.70. The lowest BCUT2D eigenvalue weighted by Gasteiger charge is -2.30. The van der Waals surface area contributed by atoms with E-state index in [2.05, 4.69) is 0 Å². The zero-order valence-electron chi connectivity index (χ0n) is 14.3. The fraction of sp³-hybridized carbons (Fsp3) is 0.368. The summed E-state index contributed by atoms with van der Waals surface area (Å²) in [5.74, 6) is 0. The Morgan fingerprint density at radius 2 is 1.26 bits per heavy atom. The van der Waals surface area contributed by atoms with Crippen LogP contribution in [-0.2, 0) is 14.3 Å². The van der Waals surface area contributed by atoms with Gasteiger partial charge in [0.1, 0.15) is 6.10 Å². The molecule has 0 bridgehead atoms. The maximum atomic E-state index is 12.6. The van der Waals surface area contributed by atoms with Crippen LogP contribution in [0.2, 0.25) is 0 Å². The predicted molar refractivity (Wildman–Crippen MR) is 92.8 cm³/mol. The SMILES string of the molecule is Cc1ccc(C(OS(=O)(=O)c2ccc(C)cc2)C(C)(C)C)cc1. The summed E-state index contributed by atoms with van der Waals surface area (Å²) >= 11 is 0. The molecule has 3 nitrogen and oxygen atoms in total. The average molecular weight is 332 g/mol. The Hall–Kier alpha value is -1.65. The largest absolute Gasteiger partial charge is 0.297 e. The van der Waals surface area contributed by atoms with E-state index in [0.29, 0.717) is 0 Å². The van der Waals surface area contributed by atoms with Crippen LogP contribution >= 0.6 is 0 Å². The van der Waals surface area contributed by atoms with Gasteiger partial charge in [0, 0.05) is 0 Å². The van der Waals surface area contributed by atoms with Gasteiger partial charge < -0.3 is 0 Å². The van der Waals surface area contributed by atoms with E-state index in [9.17, 15) is 8.42 Å². The molecule has 0 heterocycles. The fourth-order valence-electron chi connectivity index (χ4n) is 2.33. The summed E-state index contributed by atoms with van der Waals surface area (Å²) in [6.45, 7) is 9.84. The molecule has 0 aliphatic carbocycles. The molecule has 0 aliphatic heterocycles. The highest BCUT2D eigenvalue weighted by Gasteiger charge is 2.32. The quantitative estimate of drug-likeness (QED) is 0.756. The summed E-state index contributed by atoms with van der Waals surface area (Å²) in [6, 6.07) is 14.5. The van der Waals surface area contributed by atoms with Crippen LogP contribution in [0.25, 0.3) is 0 Å². The fourth-order valence-corrected chi connectivity index (χ4v) is 3.56. The molecular formula is C19H24O3S. The second-order valence-electron chi connectivity index (χ2n) is 7.02. The second kappa shape index (κ2) is 6.46. The Balaban J connectivity index is 2.38. The number of hydrogen-bond acceptors (Lipinski definition) is 3. The molecule has 2 aromatic rings. The van der Waals surface area contributed by atoms with Gasteiger partial charge >= 0.3 is 0 Å². The van der Waals surface area contributed by atoms with Crippen LogP contribution in [0.5, 0.6) is 0 Å². The minimum absolute atomic E-state index is 0.185. The predicted octanol–water partition coefficient (Wildman–Crippen LogP) is 4.80. The molecule has 0 aliphatic rings. The molecular weight excluding hydrogens is 308 g/mol. The molecule has 0 spiro atoms. The summed E-state index contributed by atoms with van der Waals surface area (Å²) in [5.41, 5.74) is 2.64. The third kappa shape index (κ3) is 4.43. The molecule has 0 saturated carbocycles. The van der Waals surface area contributed by atoms with E-state index in [1.54, 1.807) is 24.3 Å². The molecule has 2 rings (SSSR count). The summed E-state index contributed by atoms with van der Waals surface area (Å²) in [4.78, 5) is 0.185. The van der Waals surface area contributed by atoms with Crippen molar-refractivity contribution in [3.63, 3.8) is 0 Å². The Bertz CT molecular complexity index is 752. The van der Waals surface area contributed by atoms with Crippen molar-refractivity contribution in [1.29, 1.82) is 0 Å². The van der Waals surface area contributed by atoms with Gasteiger partial charge in [0.25, 0.3) is 10.1 Å². The van der Waals surface area contributed by atoms with E-state index in [1.807, 2.05) is 58.9 Å². The lowest BCUT2D eigenvalue weighted by Crippen LogP contribution is -2.24. The Kier molecular flexibility index (Phi) is 4.97. The molecule has 0 aromatic heterocycles. The maximum absolute atomic E-state index is 12.6. The zero-order valence-corrected chi connectivity index (χ0v) is 15.1. The smallest absolute Gasteiger partial charge is 0.258 e. The molecule has 23 heavy (non-hydrogen) atoms. The van der Waals surface area contributed by atoms with Gasteiger partial charge in [-0.15, -0.1) is 0 Å². The summed E-state index contributed by atoms with van der Waals surface area (Å²) in [7, 11) is -3.82. The van der Waals surface area contributed by atoms with Gasteiger partial charge in [-0.2, -0.15) is 8.42 Å². The van der Waals surface area contributed by atoms with Gasteiger partial charge in [-0.25, -0.2) is 0 Å². The van der Waals surface area contributed by atoms with E-state index in [0.717, 1.165) is 16.7 Å². The van der Waals surface area contributed by atoms with Crippen molar-refractivity contribution in [1.82, 2.24) is 0 Å². The van der Waals surface area contributed by atoms with E-state index in [4.69, 9.17) is 4.18 Å². The molecule has 0 N–H and O–H groups in total. The number of benzene rings is 2. The van der Waals surface area contributed by atoms with Crippen LogP contribution in [-0.4, -0.2) is 8.42 Å². The standard InChI is InChI=1S/C19H24O3S/c1-14-6-10-16(11-7-14)18(19(3,4)5)22-23(20,21)17-12-8-15(2)9-13-17/h6-13,18H,1-5H3. The zero-order chi connectivity index (χ0) is 17.3. The number of aryl methyl sites for hydroxylation is 2. The minimum Gasteiger partial charge on any atom is -0.258 e. The molecule has 0 amide bonds. The first-order chi connectivity index (χ1) is 10.6. The van der Waals surface area contributed by atoms with Crippen molar-refractivity contribution >= 4 is 10.1 Å². The summed E-state index contributed by atoms with van der Waals surface area (Å²) in [5, 5.41) is 0. The lowest BCUT2D eigenvalue weighted by atomic mass is 9.85. The van der Waals surface area contributed by atoms with Gasteiger partial charge in [-0.05, 0) is 37.0 Å². The van der Waals surface area contributed by atoms with Gasteiger partial charge in [0.2, 0.25) is 0 Å². The number of rotatable bonds is 4. The maximum Gasteiger partial charge on any atom is 0.297 e. The normalized spacial score (nSPS) is 13.8. The molecule has 2 aromatic carbocycles. The highest BCUT2D eigenvalue weighted by molar-refractivity contribution is 7.86. The van der Waals surface area contributed by atoms with Crippen molar-refractivity contribution in [2.24, 2.45) is 5.41 Å². The van der Waals surface area contributed by atoms with Crippen LogP contribution in [0.1, 0.15) is 43.6 Å². The van der Waals surface area contributed by atoms with Crippen molar-refractivity contribution in [3.8, 4) is 0 Å².